The van der Waals surface area contributed by atoms with Crippen molar-refractivity contribution in [3.05, 3.63) is 0 Å². The number of esters is 1. The van der Waals surface area contributed by atoms with Crippen LogP contribution in [0.25, 0.3) is 0 Å². The molecule has 190 valence electrons. The Morgan fingerprint density at radius 1 is 0.656 bits per heavy atom. The van der Waals surface area contributed by atoms with Crippen LogP contribution in [0, 0.1) is 5.92 Å². The average molecular weight is 454 g/mol. The molecule has 4 nitrogen and oxygen atoms in total. The SMILES string of the molecule is CCCCCCCCCN(CCCCCCCCC)C(=O)CCC(=O)OCCCC(C)C. The molecule has 0 aliphatic rings. The number of carbonyl (C=O) groups excluding carboxylic acids is 2. The van der Waals surface area contributed by atoms with Crippen molar-refractivity contribution in [3.8, 4) is 0 Å². The third-order valence-electron chi connectivity index (χ3n) is 6.15. The van der Waals surface area contributed by atoms with Gasteiger partial charge in [-0.3, -0.25) is 9.59 Å². The summed E-state index contributed by atoms with van der Waals surface area (Å²) in [5, 5.41) is 0. The molecule has 0 radical (unpaired) electrons. The second-order valence-corrected chi connectivity index (χ2v) is 9.88. The average Bonchev–Trinajstić information content (AvgIpc) is 2.77. The van der Waals surface area contributed by atoms with Gasteiger partial charge in [-0.15, -0.1) is 0 Å². The number of nitrogens with zero attached hydrogens (tertiary/aromatic N) is 1. The maximum absolute atomic E-state index is 12.8. The molecule has 0 saturated carbocycles. The number of amides is 1. The molecule has 0 aromatic carbocycles. The van der Waals surface area contributed by atoms with E-state index in [4.69, 9.17) is 4.74 Å². The first-order valence-electron chi connectivity index (χ1n) is 13.9. The lowest BCUT2D eigenvalue weighted by molar-refractivity contribution is -0.146. The first-order valence-corrected chi connectivity index (χ1v) is 13.9. The van der Waals surface area contributed by atoms with E-state index in [1.165, 1.54) is 77.0 Å². The van der Waals surface area contributed by atoms with Crippen LogP contribution in [-0.2, 0) is 14.3 Å². The summed E-state index contributed by atoms with van der Waals surface area (Å²) in [7, 11) is 0. The van der Waals surface area contributed by atoms with Gasteiger partial charge in [0, 0.05) is 19.5 Å². The van der Waals surface area contributed by atoms with Crippen molar-refractivity contribution < 1.29 is 14.3 Å². The van der Waals surface area contributed by atoms with Gasteiger partial charge in [0.05, 0.1) is 13.0 Å². The van der Waals surface area contributed by atoms with Crippen molar-refractivity contribution in [2.24, 2.45) is 5.92 Å². The topological polar surface area (TPSA) is 46.6 Å². The molecular formula is C28H55NO3. The summed E-state index contributed by atoms with van der Waals surface area (Å²) in [4.78, 5) is 26.8. The highest BCUT2D eigenvalue weighted by Crippen LogP contribution is 2.12. The molecule has 0 aliphatic heterocycles. The maximum Gasteiger partial charge on any atom is 0.306 e. The standard InChI is InChI=1S/C28H55NO3/c1-5-7-9-11-13-15-17-23-29(24-18-16-14-12-10-8-6-2)27(30)21-22-28(31)32-25-19-20-26(3)4/h26H,5-25H2,1-4H3. The second-order valence-electron chi connectivity index (χ2n) is 9.88. The Morgan fingerprint density at radius 3 is 1.59 bits per heavy atom. The van der Waals surface area contributed by atoms with Crippen molar-refractivity contribution >= 4 is 11.9 Å². The van der Waals surface area contributed by atoms with E-state index in [1.807, 2.05) is 4.90 Å². The van der Waals surface area contributed by atoms with E-state index in [2.05, 4.69) is 27.7 Å². The highest BCUT2D eigenvalue weighted by Gasteiger charge is 2.15. The molecule has 0 N–H and O–H groups in total. The van der Waals surface area contributed by atoms with E-state index in [1.54, 1.807) is 0 Å². The third kappa shape index (κ3) is 20.8. The Kier molecular flexibility index (Phi) is 22.3. The van der Waals surface area contributed by atoms with Crippen molar-refractivity contribution in [1.29, 1.82) is 0 Å². The van der Waals surface area contributed by atoms with Gasteiger partial charge in [0.2, 0.25) is 5.91 Å². The molecule has 0 bridgehead atoms. The molecule has 1 amide bonds. The molecule has 4 heteroatoms. The van der Waals surface area contributed by atoms with Crippen LogP contribution in [0.1, 0.15) is 143 Å². The normalized spacial score (nSPS) is 11.2. The Hall–Kier alpha value is -1.06. The van der Waals surface area contributed by atoms with Gasteiger partial charge in [-0.05, 0) is 31.6 Å². The van der Waals surface area contributed by atoms with Gasteiger partial charge in [-0.1, -0.05) is 105 Å². The molecule has 0 atom stereocenters. The molecular weight excluding hydrogens is 398 g/mol. The molecule has 0 rings (SSSR count). The number of hydrogen-bond acceptors (Lipinski definition) is 3. The minimum Gasteiger partial charge on any atom is -0.466 e. The lowest BCUT2D eigenvalue weighted by atomic mass is 10.1. The van der Waals surface area contributed by atoms with Crippen LogP contribution in [0.15, 0.2) is 0 Å². The van der Waals surface area contributed by atoms with Crippen LogP contribution >= 0.6 is 0 Å². The van der Waals surface area contributed by atoms with Gasteiger partial charge in [0.15, 0.2) is 0 Å². The van der Waals surface area contributed by atoms with E-state index in [0.717, 1.165) is 38.8 Å². The lowest BCUT2D eigenvalue weighted by Crippen LogP contribution is -2.33. The second kappa shape index (κ2) is 23.1. The van der Waals surface area contributed by atoms with E-state index >= 15 is 0 Å². The Labute approximate surface area is 200 Å². The summed E-state index contributed by atoms with van der Waals surface area (Å²) in [5.74, 6) is 0.525. The van der Waals surface area contributed by atoms with E-state index < -0.39 is 0 Å². The summed E-state index contributed by atoms with van der Waals surface area (Å²) in [6.45, 7) is 11.0. The van der Waals surface area contributed by atoms with Gasteiger partial charge in [0.25, 0.3) is 0 Å². The predicted molar refractivity (Wildman–Crippen MR) is 137 cm³/mol. The number of rotatable bonds is 23. The van der Waals surface area contributed by atoms with Gasteiger partial charge in [-0.25, -0.2) is 0 Å². The zero-order chi connectivity index (χ0) is 23.9. The monoisotopic (exact) mass is 453 g/mol. The molecule has 0 unspecified atom stereocenters. The fourth-order valence-electron chi connectivity index (χ4n) is 4.00. The summed E-state index contributed by atoms with van der Waals surface area (Å²) in [5.41, 5.74) is 0. The fourth-order valence-corrected chi connectivity index (χ4v) is 4.00. The van der Waals surface area contributed by atoms with Gasteiger partial charge in [0.1, 0.15) is 0 Å². The van der Waals surface area contributed by atoms with Crippen LogP contribution in [0.5, 0.6) is 0 Å². The van der Waals surface area contributed by atoms with Gasteiger partial charge < -0.3 is 9.64 Å². The first kappa shape index (κ1) is 30.9. The van der Waals surface area contributed by atoms with Crippen LogP contribution in [-0.4, -0.2) is 36.5 Å². The molecule has 0 saturated heterocycles. The fraction of sp³-hybridized carbons (Fsp3) is 0.929. The minimum absolute atomic E-state index is 0.126. The Bertz CT molecular complexity index is 418. The quantitative estimate of drug-likeness (QED) is 0.116. The summed E-state index contributed by atoms with van der Waals surface area (Å²) >= 11 is 0. The van der Waals surface area contributed by atoms with E-state index in [9.17, 15) is 9.59 Å². The highest BCUT2D eigenvalue weighted by molar-refractivity contribution is 5.81. The number of ether oxygens (including phenoxy) is 1. The Balaban J connectivity index is 4.22. The number of hydrogen-bond donors (Lipinski definition) is 0. The summed E-state index contributed by atoms with van der Waals surface area (Å²) in [6.07, 6.45) is 20.0. The maximum atomic E-state index is 12.8. The van der Waals surface area contributed by atoms with Crippen LogP contribution < -0.4 is 0 Å². The van der Waals surface area contributed by atoms with Crippen molar-refractivity contribution in [3.63, 3.8) is 0 Å². The molecule has 0 spiro atoms. The lowest BCUT2D eigenvalue weighted by Gasteiger charge is -2.23. The molecule has 0 aromatic rings. The van der Waals surface area contributed by atoms with Crippen molar-refractivity contribution in [2.75, 3.05) is 19.7 Å². The first-order chi connectivity index (χ1) is 15.5. The molecule has 0 heterocycles. The third-order valence-corrected chi connectivity index (χ3v) is 6.15. The molecule has 32 heavy (non-hydrogen) atoms. The Morgan fingerprint density at radius 2 is 1.12 bits per heavy atom. The van der Waals surface area contributed by atoms with Crippen LogP contribution in [0.4, 0.5) is 0 Å². The van der Waals surface area contributed by atoms with Crippen LogP contribution in [0.3, 0.4) is 0 Å². The number of unbranched alkanes of at least 4 members (excludes halogenated alkanes) is 12. The molecule has 0 fully saturated rings. The highest BCUT2D eigenvalue weighted by atomic mass is 16.5. The van der Waals surface area contributed by atoms with Crippen molar-refractivity contribution in [2.45, 2.75) is 143 Å². The molecule has 0 aliphatic carbocycles. The number of carbonyl (C=O) groups is 2. The zero-order valence-electron chi connectivity index (χ0n) is 22.1. The van der Waals surface area contributed by atoms with Crippen molar-refractivity contribution in [1.82, 2.24) is 4.90 Å². The van der Waals surface area contributed by atoms with Gasteiger partial charge in [-0.2, -0.15) is 0 Å². The zero-order valence-corrected chi connectivity index (χ0v) is 22.1. The van der Waals surface area contributed by atoms with Gasteiger partial charge >= 0.3 is 5.97 Å². The smallest absolute Gasteiger partial charge is 0.306 e. The van der Waals surface area contributed by atoms with Crippen LogP contribution in [0.2, 0.25) is 0 Å². The molecule has 0 aromatic heterocycles. The largest absolute Gasteiger partial charge is 0.466 e. The summed E-state index contributed by atoms with van der Waals surface area (Å²) < 4.78 is 5.30. The van der Waals surface area contributed by atoms with E-state index in [-0.39, 0.29) is 24.7 Å². The minimum atomic E-state index is -0.228. The summed E-state index contributed by atoms with van der Waals surface area (Å²) in [6, 6.07) is 0. The predicted octanol–water partition coefficient (Wildman–Crippen LogP) is 8.08. The van der Waals surface area contributed by atoms with E-state index in [0.29, 0.717) is 12.5 Å².